The summed E-state index contributed by atoms with van der Waals surface area (Å²) in [6, 6.07) is 0. The first-order valence-electron chi connectivity index (χ1n) is 3.16. The lowest BCUT2D eigenvalue weighted by Gasteiger charge is -2.13. The largest absolute Gasteiger partial charge is 0.344 e. The van der Waals surface area contributed by atoms with Crippen LogP contribution in [0.15, 0.2) is 24.0 Å². The van der Waals surface area contributed by atoms with E-state index in [1.54, 1.807) is 12.2 Å². The Kier molecular flexibility index (Phi) is 2.73. The molecule has 0 saturated heterocycles. The van der Waals surface area contributed by atoms with Crippen LogP contribution < -0.4 is 0 Å². The second kappa shape index (κ2) is 3.59. The first kappa shape index (κ1) is 8.36. The highest BCUT2D eigenvalue weighted by Gasteiger charge is 2.22. The molecule has 1 aliphatic rings. The number of rotatable bonds is 2. The summed E-state index contributed by atoms with van der Waals surface area (Å²) in [5.41, 5.74) is 0. The summed E-state index contributed by atoms with van der Waals surface area (Å²) in [5, 5.41) is 8.03. The van der Waals surface area contributed by atoms with Crippen molar-refractivity contribution in [3.05, 3.63) is 24.0 Å². The number of carbonyl (C=O) groups is 1. The Balaban J connectivity index is 2.75. The second-order valence-corrected chi connectivity index (χ2v) is 2.66. The summed E-state index contributed by atoms with van der Waals surface area (Å²) < 4.78 is 0. The molecule has 60 valence electrons. The molecular weight excluding hydrogens is 164 g/mol. The Bertz CT molecular complexity index is 220. The van der Waals surface area contributed by atoms with E-state index in [9.17, 15) is 4.79 Å². The van der Waals surface area contributed by atoms with Crippen LogP contribution in [0.2, 0.25) is 0 Å². The van der Waals surface area contributed by atoms with Crippen molar-refractivity contribution in [2.24, 2.45) is 5.92 Å². The molecule has 0 aromatic rings. The molecule has 0 heterocycles. The zero-order valence-corrected chi connectivity index (χ0v) is 6.62. The van der Waals surface area contributed by atoms with Gasteiger partial charge in [-0.15, -0.1) is 12.6 Å². The standard InChI is InChI=1S/C7H8O3S/c8-7(11)5-3-1-2-4-6(5)10-9/h1-2,4-5,9H,3H2,(H,8,11). The number of carbonyl (C=O) groups excluding carboxylic acids is 1. The van der Waals surface area contributed by atoms with Gasteiger partial charge in [0.05, 0.1) is 5.92 Å². The number of hydrogen-bond donors (Lipinski definition) is 2. The SMILES string of the molecule is O=C(S)C1CC=CC=C1OO. The Hall–Kier alpha value is -0.740. The van der Waals surface area contributed by atoms with Crippen molar-refractivity contribution in [2.45, 2.75) is 6.42 Å². The van der Waals surface area contributed by atoms with Gasteiger partial charge in [-0.2, -0.15) is 0 Å². The topological polar surface area (TPSA) is 46.5 Å². The van der Waals surface area contributed by atoms with E-state index in [0.717, 1.165) is 0 Å². The first-order chi connectivity index (χ1) is 5.25. The maximum absolute atomic E-state index is 10.8. The van der Waals surface area contributed by atoms with Gasteiger partial charge in [-0.25, -0.2) is 5.26 Å². The molecule has 1 N–H and O–H groups in total. The van der Waals surface area contributed by atoms with Crippen LogP contribution in [0, 0.1) is 5.92 Å². The molecule has 1 atom stereocenters. The Labute approximate surface area is 69.7 Å². The maximum Gasteiger partial charge on any atom is 0.197 e. The summed E-state index contributed by atoms with van der Waals surface area (Å²) >= 11 is 3.65. The van der Waals surface area contributed by atoms with Crippen molar-refractivity contribution in [1.82, 2.24) is 0 Å². The van der Waals surface area contributed by atoms with Gasteiger partial charge in [0.2, 0.25) is 0 Å². The Morgan fingerprint density at radius 1 is 1.82 bits per heavy atom. The lowest BCUT2D eigenvalue weighted by atomic mass is 10.0. The zero-order valence-electron chi connectivity index (χ0n) is 5.73. The van der Waals surface area contributed by atoms with E-state index < -0.39 is 5.92 Å². The molecule has 1 aliphatic carbocycles. The van der Waals surface area contributed by atoms with Crippen molar-refractivity contribution < 1.29 is 14.9 Å². The number of hydrogen-bond acceptors (Lipinski definition) is 3. The van der Waals surface area contributed by atoms with Crippen molar-refractivity contribution in [3.8, 4) is 0 Å². The lowest BCUT2D eigenvalue weighted by molar-refractivity contribution is -0.210. The van der Waals surface area contributed by atoms with E-state index in [1.165, 1.54) is 0 Å². The fraction of sp³-hybridized carbons (Fsp3) is 0.286. The van der Waals surface area contributed by atoms with Gasteiger partial charge in [-0.05, 0) is 12.5 Å². The molecule has 0 fully saturated rings. The zero-order chi connectivity index (χ0) is 8.27. The first-order valence-corrected chi connectivity index (χ1v) is 3.61. The molecule has 0 amide bonds. The average molecular weight is 172 g/mol. The lowest BCUT2D eigenvalue weighted by Crippen LogP contribution is -2.14. The second-order valence-electron chi connectivity index (χ2n) is 2.22. The Morgan fingerprint density at radius 2 is 2.55 bits per heavy atom. The summed E-state index contributed by atoms with van der Waals surface area (Å²) in [7, 11) is 0. The average Bonchev–Trinajstić information content (AvgIpc) is 2.04. The van der Waals surface area contributed by atoms with Gasteiger partial charge in [0.15, 0.2) is 10.9 Å². The van der Waals surface area contributed by atoms with Crippen molar-refractivity contribution in [1.29, 1.82) is 0 Å². The minimum absolute atomic E-state index is 0.257. The highest BCUT2D eigenvalue weighted by atomic mass is 32.1. The third kappa shape index (κ3) is 1.85. The predicted octanol–water partition coefficient (Wildman–Crippen LogP) is 1.39. The van der Waals surface area contributed by atoms with Crippen LogP contribution in [-0.2, 0) is 9.68 Å². The van der Waals surface area contributed by atoms with Gasteiger partial charge in [0.1, 0.15) is 0 Å². The molecule has 4 heteroatoms. The van der Waals surface area contributed by atoms with Crippen LogP contribution in [0.5, 0.6) is 0 Å². The molecule has 0 saturated carbocycles. The summed E-state index contributed by atoms with van der Waals surface area (Å²) in [6.07, 6.45) is 5.62. The van der Waals surface area contributed by atoms with Gasteiger partial charge in [0, 0.05) is 0 Å². The van der Waals surface area contributed by atoms with Gasteiger partial charge in [0.25, 0.3) is 0 Å². The van der Waals surface area contributed by atoms with Crippen LogP contribution in [0.4, 0.5) is 0 Å². The van der Waals surface area contributed by atoms with Crippen LogP contribution in [0.1, 0.15) is 6.42 Å². The van der Waals surface area contributed by atoms with E-state index in [0.29, 0.717) is 6.42 Å². The third-order valence-electron chi connectivity index (χ3n) is 1.52. The molecule has 1 unspecified atom stereocenters. The number of thiol groups is 1. The van der Waals surface area contributed by atoms with E-state index in [-0.39, 0.29) is 10.9 Å². The predicted molar refractivity (Wildman–Crippen MR) is 43.0 cm³/mol. The van der Waals surface area contributed by atoms with Crippen LogP contribution >= 0.6 is 12.6 Å². The maximum atomic E-state index is 10.8. The highest BCUT2D eigenvalue weighted by molar-refractivity contribution is 7.96. The monoisotopic (exact) mass is 172 g/mol. The van der Waals surface area contributed by atoms with E-state index in [1.807, 2.05) is 6.08 Å². The van der Waals surface area contributed by atoms with Crippen molar-refractivity contribution in [3.63, 3.8) is 0 Å². The molecule has 0 aliphatic heterocycles. The van der Waals surface area contributed by atoms with Crippen LogP contribution in [0.25, 0.3) is 0 Å². The Morgan fingerprint density at radius 3 is 3.00 bits per heavy atom. The molecule has 1 rings (SSSR count). The summed E-state index contributed by atoms with van der Waals surface area (Å²) in [6.45, 7) is 0. The molecule has 0 spiro atoms. The van der Waals surface area contributed by atoms with Gasteiger partial charge in [-0.1, -0.05) is 12.2 Å². The van der Waals surface area contributed by atoms with Crippen molar-refractivity contribution >= 4 is 17.7 Å². The molecule has 3 nitrogen and oxygen atoms in total. The summed E-state index contributed by atoms with van der Waals surface area (Å²) in [4.78, 5) is 14.8. The van der Waals surface area contributed by atoms with Gasteiger partial charge in [-0.3, -0.25) is 4.79 Å². The van der Waals surface area contributed by atoms with Gasteiger partial charge < -0.3 is 4.89 Å². The molecule has 11 heavy (non-hydrogen) atoms. The molecule has 0 aromatic heterocycles. The smallest absolute Gasteiger partial charge is 0.197 e. The fourth-order valence-corrected chi connectivity index (χ4v) is 1.16. The van der Waals surface area contributed by atoms with Gasteiger partial charge >= 0.3 is 0 Å². The fourth-order valence-electron chi connectivity index (χ4n) is 0.926. The van der Waals surface area contributed by atoms with Crippen LogP contribution in [0.3, 0.4) is 0 Å². The van der Waals surface area contributed by atoms with E-state index in [2.05, 4.69) is 17.5 Å². The quantitative estimate of drug-likeness (QED) is 0.376. The van der Waals surface area contributed by atoms with Crippen molar-refractivity contribution in [2.75, 3.05) is 0 Å². The third-order valence-corrected chi connectivity index (χ3v) is 1.83. The number of allylic oxidation sites excluding steroid dienone is 4. The minimum atomic E-state index is -0.437. The van der Waals surface area contributed by atoms with Crippen LogP contribution in [-0.4, -0.2) is 10.4 Å². The highest BCUT2D eigenvalue weighted by Crippen LogP contribution is 2.22. The molecule has 0 aromatic carbocycles. The van der Waals surface area contributed by atoms with E-state index in [4.69, 9.17) is 5.26 Å². The molecular formula is C7H8O3S. The summed E-state index contributed by atoms with van der Waals surface area (Å²) in [5.74, 6) is -0.180. The minimum Gasteiger partial charge on any atom is -0.344 e. The molecule has 0 radical (unpaired) electrons. The van der Waals surface area contributed by atoms with E-state index >= 15 is 0 Å². The molecule has 0 bridgehead atoms. The normalized spacial score (nSPS) is 22.7.